The van der Waals surface area contributed by atoms with Crippen molar-refractivity contribution in [3.63, 3.8) is 0 Å². The summed E-state index contributed by atoms with van der Waals surface area (Å²) in [7, 11) is 0. The second-order valence-corrected chi connectivity index (χ2v) is 5.86. The van der Waals surface area contributed by atoms with Gasteiger partial charge in [0.2, 0.25) is 0 Å². The number of ether oxygens (including phenoxy) is 1. The van der Waals surface area contributed by atoms with E-state index in [0.29, 0.717) is 23.3 Å². The molecule has 8 nitrogen and oxygen atoms in total. The van der Waals surface area contributed by atoms with E-state index in [1.165, 1.54) is 18.2 Å². The van der Waals surface area contributed by atoms with Gasteiger partial charge in [-0.2, -0.15) is 0 Å². The summed E-state index contributed by atoms with van der Waals surface area (Å²) < 4.78 is 10.6. The lowest BCUT2D eigenvalue weighted by atomic mass is 10.1. The van der Waals surface area contributed by atoms with E-state index in [0.717, 1.165) is 6.07 Å². The van der Waals surface area contributed by atoms with Crippen LogP contribution >= 0.6 is 11.6 Å². The predicted octanol–water partition coefficient (Wildman–Crippen LogP) is 4.01. The zero-order valence-corrected chi connectivity index (χ0v) is 14.8. The molecule has 2 aromatic carbocycles. The van der Waals surface area contributed by atoms with Crippen LogP contribution in [0.3, 0.4) is 0 Å². The van der Waals surface area contributed by atoms with Crippen molar-refractivity contribution in [3.05, 3.63) is 73.6 Å². The number of benzene rings is 2. The molecule has 9 heteroatoms. The number of fused-ring (bicyclic) bond motifs is 1. The quantitative estimate of drug-likeness (QED) is 0.401. The van der Waals surface area contributed by atoms with Crippen molar-refractivity contribution in [1.29, 1.82) is 0 Å². The molecule has 0 spiro atoms. The maximum atomic E-state index is 12.4. The molecule has 27 heavy (non-hydrogen) atoms. The molecule has 0 fully saturated rings. The van der Waals surface area contributed by atoms with E-state index in [1.807, 2.05) is 6.92 Å². The van der Waals surface area contributed by atoms with Crippen molar-refractivity contribution >= 4 is 39.9 Å². The van der Waals surface area contributed by atoms with Gasteiger partial charge in [0.25, 0.3) is 11.6 Å². The summed E-state index contributed by atoms with van der Waals surface area (Å²) in [6.45, 7) is 2.30. The Labute approximate surface area is 157 Å². The lowest BCUT2D eigenvalue weighted by Crippen LogP contribution is -2.18. The second-order valence-electron chi connectivity index (χ2n) is 5.46. The normalized spacial score (nSPS) is 10.6. The summed E-state index contributed by atoms with van der Waals surface area (Å²) in [5.74, 6) is -0.147. The van der Waals surface area contributed by atoms with Crippen molar-refractivity contribution in [2.75, 3.05) is 11.9 Å². The number of nitrogens with zero attached hydrogens (tertiary/aromatic N) is 1. The van der Waals surface area contributed by atoms with E-state index < -0.39 is 22.1 Å². The molecular weight excluding hydrogens is 376 g/mol. The molecule has 1 amide bonds. The summed E-state index contributed by atoms with van der Waals surface area (Å²) in [4.78, 5) is 34.7. The molecule has 0 saturated heterocycles. The number of carbonyl (C=O) groups is 1. The molecule has 1 heterocycles. The van der Waals surface area contributed by atoms with Gasteiger partial charge in [0.1, 0.15) is 22.0 Å². The van der Waals surface area contributed by atoms with Gasteiger partial charge in [-0.05, 0) is 37.3 Å². The maximum Gasteiger partial charge on any atom is 0.360 e. The van der Waals surface area contributed by atoms with Gasteiger partial charge >= 0.3 is 5.63 Å². The first-order valence-electron chi connectivity index (χ1n) is 7.85. The molecule has 1 N–H and O–H groups in total. The van der Waals surface area contributed by atoms with Gasteiger partial charge in [0.15, 0.2) is 0 Å². The van der Waals surface area contributed by atoms with Gasteiger partial charge < -0.3 is 14.5 Å². The van der Waals surface area contributed by atoms with E-state index in [-0.39, 0.29) is 16.3 Å². The number of nitro groups is 1. The number of hydrogen-bond donors (Lipinski definition) is 1. The minimum atomic E-state index is -0.757. The van der Waals surface area contributed by atoms with Gasteiger partial charge in [-0.1, -0.05) is 11.6 Å². The minimum Gasteiger partial charge on any atom is -0.494 e. The number of carbonyl (C=O) groups excluding carboxylic acids is 1. The highest BCUT2D eigenvalue weighted by Gasteiger charge is 2.17. The molecule has 0 radical (unpaired) electrons. The molecule has 0 atom stereocenters. The Kier molecular flexibility index (Phi) is 5.09. The van der Waals surface area contributed by atoms with E-state index >= 15 is 0 Å². The minimum absolute atomic E-state index is 0.0164. The number of hydrogen-bond acceptors (Lipinski definition) is 6. The fourth-order valence-corrected chi connectivity index (χ4v) is 2.61. The van der Waals surface area contributed by atoms with Crippen LogP contribution in [0.4, 0.5) is 11.4 Å². The smallest absolute Gasteiger partial charge is 0.360 e. The number of nitro benzene ring substituents is 1. The van der Waals surface area contributed by atoms with Crippen molar-refractivity contribution in [2.24, 2.45) is 0 Å². The lowest BCUT2D eigenvalue weighted by molar-refractivity contribution is -0.384. The standard InChI is InChI=1S/C18H13ClN2O6/c1-2-26-12-5-3-10-7-14(18(23)27-16(10)9-12)20-17(22)11-4-6-13(19)15(8-11)21(24)25/h3-9H,2H2,1H3,(H,20,22). The van der Waals surface area contributed by atoms with Crippen molar-refractivity contribution in [1.82, 2.24) is 0 Å². The highest BCUT2D eigenvalue weighted by molar-refractivity contribution is 6.32. The molecule has 1 aromatic heterocycles. The monoisotopic (exact) mass is 388 g/mol. The van der Waals surface area contributed by atoms with Gasteiger partial charge in [-0.15, -0.1) is 0 Å². The van der Waals surface area contributed by atoms with Crippen molar-refractivity contribution in [2.45, 2.75) is 6.92 Å². The van der Waals surface area contributed by atoms with E-state index in [9.17, 15) is 19.7 Å². The average molecular weight is 389 g/mol. The third-order valence-corrected chi connectivity index (χ3v) is 3.99. The third-order valence-electron chi connectivity index (χ3n) is 3.67. The van der Waals surface area contributed by atoms with Gasteiger partial charge in [0.05, 0.1) is 11.5 Å². The highest BCUT2D eigenvalue weighted by atomic mass is 35.5. The number of rotatable bonds is 5. The molecule has 0 aliphatic heterocycles. The fraction of sp³-hybridized carbons (Fsp3) is 0.111. The van der Waals surface area contributed by atoms with E-state index in [4.69, 9.17) is 20.8 Å². The second kappa shape index (κ2) is 7.46. The Hall–Kier alpha value is -3.39. The molecule has 0 saturated carbocycles. The molecule has 3 aromatic rings. The predicted molar refractivity (Wildman–Crippen MR) is 99.7 cm³/mol. The molecule has 3 rings (SSSR count). The molecule has 0 aliphatic rings. The van der Waals surface area contributed by atoms with Crippen LogP contribution in [0.2, 0.25) is 5.02 Å². The Morgan fingerprint density at radius 2 is 2.04 bits per heavy atom. The Morgan fingerprint density at radius 1 is 1.26 bits per heavy atom. The van der Waals surface area contributed by atoms with Crippen molar-refractivity contribution in [3.8, 4) is 5.75 Å². The van der Waals surface area contributed by atoms with Crippen LogP contribution in [0.25, 0.3) is 11.0 Å². The highest BCUT2D eigenvalue weighted by Crippen LogP contribution is 2.26. The largest absolute Gasteiger partial charge is 0.494 e. The topological polar surface area (TPSA) is 112 Å². The summed E-state index contributed by atoms with van der Waals surface area (Å²) in [6, 6.07) is 10.0. The van der Waals surface area contributed by atoms with Crippen LogP contribution < -0.4 is 15.7 Å². The number of anilines is 1. The zero-order valence-electron chi connectivity index (χ0n) is 14.0. The van der Waals surface area contributed by atoms with Crippen molar-refractivity contribution < 1.29 is 18.9 Å². The average Bonchev–Trinajstić information content (AvgIpc) is 2.62. The summed E-state index contributed by atoms with van der Waals surface area (Å²) in [6.07, 6.45) is 0. The first-order chi connectivity index (χ1) is 12.9. The molecule has 0 bridgehead atoms. The number of amides is 1. The van der Waals surface area contributed by atoms with Gasteiger partial charge in [-0.25, -0.2) is 4.79 Å². The molecule has 0 unspecified atom stereocenters. The van der Waals surface area contributed by atoms with E-state index in [2.05, 4.69) is 5.32 Å². The third kappa shape index (κ3) is 3.90. The number of halogens is 1. The van der Waals surface area contributed by atoms with Crippen LogP contribution in [0.15, 0.2) is 51.7 Å². The Morgan fingerprint density at radius 3 is 2.74 bits per heavy atom. The molecule has 138 valence electrons. The van der Waals surface area contributed by atoms with Crippen LogP contribution in [0, 0.1) is 10.1 Å². The Balaban J connectivity index is 1.92. The summed E-state index contributed by atoms with van der Waals surface area (Å²) in [5, 5.41) is 13.8. The van der Waals surface area contributed by atoms with Crippen LogP contribution in [-0.2, 0) is 0 Å². The van der Waals surface area contributed by atoms with Gasteiger partial charge in [0, 0.05) is 23.1 Å². The maximum absolute atomic E-state index is 12.4. The van der Waals surface area contributed by atoms with Crippen LogP contribution in [0.1, 0.15) is 17.3 Å². The molecular formula is C18H13ClN2O6. The number of nitrogens with one attached hydrogen (secondary N) is 1. The summed E-state index contributed by atoms with van der Waals surface area (Å²) >= 11 is 5.73. The molecule has 0 aliphatic carbocycles. The Bertz CT molecular complexity index is 1110. The SMILES string of the molecule is CCOc1ccc2cc(NC(=O)c3ccc(Cl)c([N+](=O)[O-])c3)c(=O)oc2c1. The van der Waals surface area contributed by atoms with Gasteiger partial charge in [-0.3, -0.25) is 14.9 Å². The fourth-order valence-electron chi connectivity index (χ4n) is 2.42. The first-order valence-corrected chi connectivity index (χ1v) is 8.23. The van der Waals surface area contributed by atoms with Crippen LogP contribution in [0.5, 0.6) is 5.75 Å². The first kappa shape index (κ1) is 18.4. The lowest BCUT2D eigenvalue weighted by Gasteiger charge is -2.07. The summed E-state index contributed by atoms with van der Waals surface area (Å²) in [5.41, 5.74) is -0.955. The zero-order chi connectivity index (χ0) is 19.6. The van der Waals surface area contributed by atoms with Crippen LogP contribution in [-0.4, -0.2) is 17.4 Å². The van der Waals surface area contributed by atoms with E-state index in [1.54, 1.807) is 18.2 Å².